The van der Waals surface area contributed by atoms with Crippen LogP contribution in [0.15, 0.2) is 41.6 Å². The van der Waals surface area contributed by atoms with Crippen LogP contribution in [0.2, 0.25) is 0 Å². The van der Waals surface area contributed by atoms with Crippen LogP contribution in [0, 0.1) is 0 Å². The maximum absolute atomic E-state index is 12.0. The second kappa shape index (κ2) is 3.84. The highest BCUT2D eigenvalue weighted by Gasteiger charge is 2.36. The molecule has 2 aromatic rings. The van der Waals surface area contributed by atoms with Crippen LogP contribution in [0.5, 0.6) is 0 Å². The van der Waals surface area contributed by atoms with Crippen molar-refractivity contribution in [1.82, 2.24) is 9.78 Å². The molecule has 94 valence electrons. The van der Waals surface area contributed by atoms with E-state index >= 15 is 0 Å². The molecule has 1 fully saturated rings. The van der Waals surface area contributed by atoms with Gasteiger partial charge in [0.1, 0.15) is 0 Å². The van der Waals surface area contributed by atoms with Gasteiger partial charge in [-0.05, 0) is 37.1 Å². The molecular weight excluding hydrogens is 250 g/mol. The van der Waals surface area contributed by atoms with Crippen molar-refractivity contribution in [2.24, 2.45) is 0 Å². The van der Waals surface area contributed by atoms with Crippen LogP contribution in [0.4, 0.5) is 5.69 Å². The van der Waals surface area contributed by atoms with Gasteiger partial charge in [0, 0.05) is 0 Å². The van der Waals surface area contributed by atoms with E-state index in [4.69, 9.17) is 5.73 Å². The third kappa shape index (κ3) is 1.88. The van der Waals surface area contributed by atoms with E-state index in [2.05, 4.69) is 5.10 Å². The molecule has 6 heteroatoms. The van der Waals surface area contributed by atoms with Crippen LogP contribution in [0.1, 0.15) is 12.8 Å². The summed E-state index contributed by atoms with van der Waals surface area (Å²) in [6, 6.07) is 6.73. The van der Waals surface area contributed by atoms with E-state index < -0.39 is 9.84 Å². The molecule has 0 spiro atoms. The normalized spacial score (nSPS) is 15.8. The lowest BCUT2D eigenvalue weighted by atomic mass is 10.3. The van der Waals surface area contributed by atoms with Crippen molar-refractivity contribution in [3.63, 3.8) is 0 Å². The predicted octanol–water partition coefficient (Wildman–Crippen LogP) is 1.39. The van der Waals surface area contributed by atoms with Gasteiger partial charge in [0.25, 0.3) is 0 Å². The Labute approximate surface area is 105 Å². The topological polar surface area (TPSA) is 78.0 Å². The van der Waals surface area contributed by atoms with Gasteiger partial charge in [-0.2, -0.15) is 5.10 Å². The Morgan fingerprint density at radius 3 is 2.39 bits per heavy atom. The second-order valence-corrected chi connectivity index (χ2v) is 6.68. The molecule has 0 amide bonds. The molecule has 1 aromatic heterocycles. The zero-order valence-corrected chi connectivity index (χ0v) is 10.5. The van der Waals surface area contributed by atoms with Gasteiger partial charge in [0.2, 0.25) is 0 Å². The summed E-state index contributed by atoms with van der Waals surface area (Å²) in [5, 5.41) is 3.89. The van der Waals surface area contributed by atoms with Crippen molar-refractivity contribution in [1.29, 1.82) is 0 Å². The molecule has 0 atom stereocenters. The lowest BCUT2D eigenvalue weighted by Crippen LogP contribution is -2.07. The van der Waals surface area contributed by atoms with E-state index in [1.807, 2.05) is 0 Å². The van der Waals surface area contributed by atoms with Crippen LogP contribution in [0.25, 0.3) is 5.69 Å². The number of rotatable bonds is 3. The van der Waals surface area contributed by atoms with Crippen molar-refractivity contribution in [2.75, 3.05) is 5.73 Å². The van der Waals surface area contributed by atoms with Crippen LogP contribution in [0.3, 0.4) is 0 Å². The summed E-state index contributed by atoms with van der Waals surface area (Å²) in [6.07, 6.45) is 4.79. The fourth-order valence-electron chi connectivity index (χ4n) is 1.84. The Kier molecular flexibility index (Phi) is 2.41. The molecule has 1 aliphatic rings. The average molecular weight is 263 g/mol. The Morgan fingerprint density at radius 1 is 1.22 bits per heavy atom. The number of aromatic nitrogens is 2. The minimum Gasteiger partial charge on any atom is -0.396 e. The molecule has 0 aliphatic heterocycles. The van der Waals surface area contributed by atoms with Gasteiger partial charge in [-0.25, -0.2) is 13.1 Å². The molecule has 3 rings (SSSR count). The Hall–Kier alpha value is -1.82. The van der Waals surface area contributed by atoms with Crippen molar-refractivity contribution in [3.05, 3.63) is 36.7 Å². The molecule has 0 unspecified atom stereocenters. The third-order valence-electron chi connectivity index (χ3n) is 3.00. The van der Waals surface area contributed by atoms with Gasteiger partial charge >= 0.3 is 0 Å². The van der Waals surface area contributed by atoms with Crippen molar-refractivity contribution >= 4 is 15.5 Å². The summed E-state index contributed by atoms with van der Waals surface area (Å²) in [7, 11) is -3.11. The smallest absolute Gasteiger partial charge is 0.181 e. The second-order valence-electron chi connectivity index (χ2n) is 4.46. The number of nitrogens with zero attached hydrogens (tertiary/aromatic N) is 2. The molecule has 0 saturated heterocycles. The minimum atomic E-state index is -3.11. The summed E-state index contributed by atoms with van der Waals surface area (Å²) in [4.78, 5) is 0.383. The summed E-state index contributed by atoms with van der Waals surface area (Å²) in [5.41, 5.74) is 6.95. The Morgan fingerprint density at radius 2 is 1.89 bits per heavy atom. The molecule has 2 N–H and O–H groups in total. The number of anilines is 1. The highest BCUT2D eigenvalue weighted by Crippen LogP contribution is 2.33. The molecular formula is C12H13N3O2S. The summed E-state index contributed by atoms with van der Waals surface area (Å²) in [6.45, 7) is 0. The number of hydrogen-bond acceptors (Lipinski definition) is 4. The van der Waals surface area contributed by atoms with Crippen LogP contribution >= 0.6 is 0 Å². The van der Waals surface area contributed by atoms with Gasteiger partial charge in [-0.15, -0.1) is 0 Å². The molecule has 18 heavy (non-hydrogen) atoms. The van der Waals surface area contributed by atoms with Crippen LogP contribution in [-0.4, -0.2) is 23.4 Å². The molecule has 0 radical (unpaired) electrons. The predicted molar refractivity (Wildman–Crippen MR) is 68.2 cm³/mol. The number of nitrogens with two attached hydrogens (primary N) is 1. The molecule has 0 bridgehead atoms. The summed E-state index contributed by atoms with van der Waals surface area (Å²) >= 11 is 0. The quantitative estimate of drug-likeness (QED) is 0.907. The molecule has 1 saturated carbocycles. The average Bonchev–Trinajstić information content (AvgIpc) is 3.13. The van der Waals surface area contributed by atoms with Crippen molar-refractivity contribution in [3.8, 4) is 5.69 Å². The number of sulfone groups is 1. The van der Waals surface area contributed by atoms with E-state index in [0.29, 0.717) is 10.6 Å². The van der Waals surface area contributed by atoms with Crippen molar-refractivity contribution < 1.29 is 8.42 Å². The summed E-state index contributed by atoms with van der Waals surface area (Å²) < 4.78 is 25.6. The molecule has 5 nitrogen and oxygen atoms in total. The largest absolute Gasteiger partial charge is 0.396 e. The highest BCUT2D eigenvalue weighted by atomic mass is 32.2. The van der Waals surface area contributed by atoms with Crippen LogP contribution < -0.4 is 5.73 Å². The monoisotopic (exact) mass is 263 g/mol. The standard InChI is InChI=1S/C12H13N3O2S/c13-9-7-14-15(8-9)10-1-3-11(4-2-10)18(16,17)12-5-6-12/h1-4,7-8,12H,5-6,13H2. The SMILES string of the molecule is Nc1cnn(-c2ccc(S(=O)(=O)C3CC3)cc2)c1. The number of hydrogen-bond donors (Lipinski definition) is 1. The third-order valence-corrected chi connectivity index (χ3v) is 5.27. The minimum absolute atomic E-state index is 0.177. The van der Waals surface area contributed by atoms with E-state index in [1.165, 1.54) is 0 Å². The highest BCUT2D eigenvalue weighted by molar-refractivity contribution is 7.92. The van der Waals surface area contributed by atoms with E-state index in [-0.39, 0.29) is 5.25 Å². The first kappa shape index (κ1) is 11.3. The fraction of sp³-hybridized carbons (Fsp3) is 0.250. The van der Waals surface area contributed by atoms with E-state index in [9.17, 15) is 8.42 Å². The zero-order chi connectivity index (χ0) is 12.8. The first-order chi connectivity index (χ1) is 8.57. The van der Waals surface area contributed by atoms with Crippen molar-refractivity contribution in [2.45, 2.75) is 23.0 Å². The number of nitrogen functional groups attached to an aromatic ring is 1. The maximum atomic E-state index is 12.0. The zero-order valence-electron chi connectivity index (χ0n) is 9.65. The Balaban J connectivity index is 1.94. The van der Waals surface area contributed by atoms with Gasteiger partial charge in [0.15, 0.2) is 9.84 Å². The lowest BCUT2D eigenvalue weighted by Gasteiger charge is -2.04. The van der Waals surface area contributed by atoms with E-state index in [0.717, 1.165) is 18.5 Å². The Bertz CT molecular complexity index is 670. The van der Waals surface area contributed by atoms with E-state index in [1.54, 1.807) is 41.3 Å². The fourth-order valence-corrected chi connectivity index (χ4v) is 3.49. The molecule has 1 aliphatic carbocycles. The van der Waals surface area contributed by atoms with Gasteiger partial charge in [-0.3, -0.25) is 0 Å². The molecule has 1 aromatic carbocycles. The first-order valence-electron chi connectivity index (χ1n) is 5.72. The first-order valence-corrected chi connectivity index (χ1v) is 7.26. The van der Waals surface area contributed by atoms with Gasteiger partial charge < -0.3 is 5.73 Å². The summed E-state index contributed by atoms with van der Waals surface area (Å²) in [5.74, 6) is 0. The van der Waals surface area contributed by atoms with Crippen LogP contribution in [-0.2, 0) is 9.84 Å². The maximum Gasteiger partial charge on any atom is 0.181 e. The van der Waals surface area contributed by atoms with Gasteiger partial charge in [-0.1, -0.05) is 0 Å². The lowest BCUT2D eigenvalue weighted by molar-refractivity contribution is 0.595. The molecule has 1 heterocycles. The number of benzene rings is 1. The van der Waals surface area contributed by atoms with Gasteiger partial charge in [0.05, 0.1) is 33.9 Å².